The highest BCUT2D eigenvalue weighted by Crippen LogP contribution is 2.21. The summed E-state index contributed by atoms with van der Waals surface area (Å²) in [6.45, 7) is 6.49. The van der Waals surface area contributed by atoms with Crippen molar-refractivity contribution in [1.82, 2.24) is 10.2 Å². The Balaban J connectivity index is 0.000000336. The normalized spacial score (nSPS) is 18.3. The van der Waals surface area contributed by atoms with E-state index in [4.69, 9.17) is 43.6 Å². The number of carboxylic acids is 2. The average Bonchev–Trinajstić information content (AvgIpc) is 3.14. The van der Waals surface area contributed by atoms with Gasteiger partial charge in [0, 0.05) is 29.2 Å². The van der Waals surface area contributed by atoms with E-state index in [1.807, 2.05) is 12.1 Å². The molecule has 0 bridgehead atoms. The van der Waals surface area contributed by atoms with E-state index < -0.39 is 24.1 Å². The standard InChI is InChI=1S/C14H20Cl2N2.C4H6O6/c1-2-5-18(14-3-4-17-9-14)10-11-6-12(15)8-13(16)7-11;5-1(3(7)8)2(6)4(9)10/h6-8,14,17H,2-5,9-10H2,1H3;1-2,5-6H,(H,7,8)(H,9,10)/t14-;/m0./s1. The SMILES string of the molecule is CCCN(Cc1cc(Cl)cc(Cl)c1)[C@H]1CCNC1.O=C(O)C(O)C(O)C(=O)O. The van der Waals surface area contributed by atoms with Crippen LogP contribution in [-0.4, -0.2) is 75.1 Å². The molecule has 158 valence electrons. The molecule has 0 saturated carbocycles. The number of hydrogen-bond acceptors (Lipinski definition) is 6. The van der Waals surface area contributed by atoms with Crippen LogP contribution in [0.25, 0.3) is 0 Å². The van der Waals surface area contributed by atoms with E-state index in [0.717, 1.165) is 36.2 Å². The zero-order chi connectivity index (χ0) is 21.3. The molecule has 1 aromatic rings. The van der Waals surface area contributed by atoms with Crippen LogP contribution < -0.4 is 5.32 Å². The fourth-order valence-electron chi connectivity index (χ4n) is 2.84. The molecule has 1 saturated heterocycles. The summed E-state index contributed by atoms with van der Waals surface area (Å²) in [6, 6.07) is 6.45. The molecule has 0 amide bonds. The quantitative estimate of drug-likeness (QED) is 0.413. The lowest BCUT2D eigenvalue weighted by molar-refractivity contribution is -0.165. The maximum atomic E-state index is 9.77. The van der Waals surface area contributed by atoms with E-state index in [2.05, 4.69) is 17.1 Å². The summed E-state index contributed by atoms with van der Waals surface area (Å²) in [4.78, 5) is 22.1. The van der Waals surface area contributed by atoms with Crippen molar-refractivity contribution in [2.75, 3.05) is 19.6 Å². The monoisotopic (exact) mass is 436 g/mol. The molecule has 8 nitrogen and oxygen atoms in total. The number of aliphatic hydroxyl groups excluding tert-OH is 2. The van der Waals surface area contributed by atoms with E-state index in [1.54, 1.807) is 6.07 Å². The first-order valence-corrected chi connectivity index (χ1v) is 9.62. The van der Waals surface area contributed by atoms with Gasteiger partial charge in [-0.25, -0.2) is 9.59 Å². The minimum Gasteiger partial charge on any atom is -0.479 e. The molecule has 1 aliphatic heterocycles. The van der Waals surface area contributed by atoms with Crippen LogP contribution in [0, 0.1) is 0 Å². The molecule has 2 unspecified atom stereocenters. The molecule has 1 aromatic carbocycles. The first kappa shape index (κ1) is 24.6. The summed E-state index contributed by atoms with van der Waals surface area (Å²) in [5.41, 5.74) is 1.20. The van der Waals surface area contributed by atoms with Crippen molar-refractivity contribution in [1.29, 1.82) is 0 Å². The van der Waals surface area contributed by atoms with Gasteiger partial charge in [0.15, 0.2) is 12.2 Å². The summed E-state index contributed by atoms with van der Waals surface area (Å²) in [5, 5.41) is 37.4. The molecule has 1 fully saturated rings. The van der Waals surface area contributed by atoms with E-state index in [0.29, 0.717) is 6.04 Å². The number of halogens is 2. The Morgan fingerprint density at radius 1 is 1.14 bits per heavy atom. The maximum absolute atomic E-state index is 9.77. The Bertz CT molecular complexity index is 617. The molecular formula is C18H26Cl2N2O6. The lowest BCUT2D eigenvalue weighted by Crippen LogP contribution is -2.39. The van der Waals surface area contributed by atoms with Crippen molar-refractivity contribution in [2.24, 2.45) is 0 Å². The summed E-state index contributed by atoms with van der Waals surface area (Å²) in [5.74, 6) is -3.54. The highest BCUT2D eigenvalue weighted by atomic mass is 35.5. The molecule has 0 spiro atoms. The molecule has 28 heavy (non-hydrogen) atoms. The number of nitrogens with one attached hydrogen (secondary N) is 1. The molecule has 5 N–H and O–H groups in total. The zero-order valence-electron chi connectivity index (χ0n) is 15.5. The predicted molar refractivity (Wildman–Crippen MR) is 106 cm³/mol. The smallest absolute Gasteiger partial charge is 0.335 e. The van der Waals surface area contributed by atoms with Gasteiger partial charge < -0.3 is 25.7 Å². The third-order valence-corrected chi connectivity index (χ3v) is 4.61. The second-order valence-electron chi connectivity index (χ2n) is 6.46. The van der Waals surface area contributed by atoms with Gasteiger partial charge in [0.1, 0.15) is 0 Å². The fraction of sp³-hybridized carbons (Fsp3) is 0.556. The molecule has 3 atom stereocenters. The van der Waals surface area contributed by atoms with Crippen molar-refractivity contribution < 1.29 is 30.0 Å². The van der Waals surface area contributed by atoms with Gasteiger partial charge in [-0.05, 0) is 49.7 Å². The van der Waals surface area contributed by atoms with Crippen LogP contribution >= 0.6 is 23.2 Å². The molecular weight excluding hydrogens is 411 g/mol. The van der Waals surface area contributed by atoms with E-state index in [9.17, 15) is 9.59 Å². The second kappa shape index (κ2) is 12.2. The number of rotatable bonds is 8. The molecule has 2 rings (SSSR count). The Labute approximate surface area is 173 Å². The lowest BCUT2D eigenvalue weighted by Gasteiger charge is -2.28. The van der Waals surface area contributed by atoms with Crippen LogP contribution in [0.5, 0.6) is 0 Å². The van der Waals surface area contributed by atoms with E-state index >= 15 is 0 Å². The molecule has 0 aromatic heterocycles. The first-order valence-electron chi connectivity index (χ1n) is 8.87. The van der Waals surface area contributed by atoms with Crippen molar-refractivity contribution in [3.8, 4) is 0 Å². The Morgan fingerprint density at radius 3 is 2.07 bits per heavy atom. The van der Waals surface area contributed by atoms with E-state index in [1.165, 1.54) is 18.4 Å². The third kappa shape index (κ3) is 8.30. The van der Waals surface area contributed by atoms with Crippen LogP contribution in [0.15, 0.2) is 18.2 Å². The molecule has 10 heteroatoms. The Morgan fingerprint density at radius 2 is 1.68 bits per heavy atom. The van der Waals surface area contributed by atoms with Gasteiger partial charge in [-0.2, -0.15) is 0 Å². The van der Waals surface area contributed by atoms with Gasteiger partial charge in [0.25, 0.3) is 0 Å². The van der Waals surface area contributed by atoms with Gasteiger partial charge in [-0.15, -0.1) is 0 Å². The van der Waals surface area contributed by atoms with Crippen molar-refractivity contribution >= 4 is 35.1 Å². The van der Waals surface area contributed by atoms with Crippen LogP contribution in [0.1, 0.15) is 25.3 Å². The highest BCUT2D eigenvalue weighted by Gasteiger charge is 2.29. The fourth-order valence-corrected chi connectivity index (χ4v) is 3.41. The number of carboxylic acid groups (broad SMARTS) is 2. The minimum atomic E-state index is -2.27. The summed E-state index contributed by atoms with van der Waals surface area (Å²) >= 11 is 12.1. The molecule has 1 heterocycles. The number of hydrogen-bond donors (Lipinski definition) is 5. The highest BCUT2D eigenvalue weighted by molar-refractivity contribution is 6.34. The van der Waals surface area contributed by atoms with Crippen LogP contribution in [-0.2, 0) is 16.1 Å². The van der Waals surface area contributed by atoms with E-state index in [-0.39, 0.29) is 0 Å². The molecule has 1 aliphatic rings. The van der Waals surface area contributed by atoms with Gasteiger partial charge in [-0.1, -0.05) is 30.1 Å². The van der Waals surface area contributed by atoms with Crippen molar-refractivity contribution in [3.05, 3.63) is 33.8 Å². The first-order chi connectivity index (χ1) is 13.1. The lowest BCUT2D eigenvalue weighted by atomic mass is 10.1. The largest absolute Gasteiger partial charge is 0.479 e. The molecule has 0 aliphatic carbocycles. The number of carbonyl (C=O) groups is 2. The molecule has 0 radical (unpaired) electrons. The number of aliphatic hydroxyl groups is 2. The zero-order valence-corrected chi connectivity index (χ0v) is 17.0. The average molecular weight is 437 g/mol. The summed E-state index contributed by atoms with van der Waals surface area (Å²) in [6.07, 6.45) is -2.13. The van der Waals surface area contributed by atoms with Gasteiger partial charge in [0.05, 0.1) is 0 Å². The van der Waals surface area contributed by atoms with Crippen LogP contribution in [0.3, 0.4) is 0 Å². The van der Waals surface area contributed by atoms with Gasteiger partial charge >= 0.3 is 11.9 Å². The van der Waals surface area contributed by atoms with Crippen LogP contribution in [0.4, 0.5) is 0 Å². The van der Waals surface area contributed by atoms with Crippen molar-refractivity contribution in [3.63, 3.8) is 0 Å². The topological polar surface area (TPSA) is 130 Å². The van der Waals surface area contributed by atoms with Crippen LogP contribution in [0.2, 0.25) is 10.0 Å². The predicted octanol–water partition coefficient (Wildman–Crippen LogP) is 1.44. The number of aliphatic carboxylic acids is 2. The summed E-state index contributed by atoms with van der Waals surface area (Å²) < 4.78 is 0. The van der Waals surface area contributed by atoms with Gasteiger partial charge in [-0.3, -0.25) is 4.90 Å². The maximum Gasteiger partial charge on any atom is 0.335 e. The summed E-state index contributed by atoms with van der Waals surface area (Å²) in [7, 11) is 0. The van der Waals surface area contributed by atoms with Crippen molar-refractivity contribution in [2.45, 2.75) is 44.6 Å². The second-order valence-corrected chi connectivity index (χ2v) is 7.33. The third-order valence-electron chi connectivity index (χ3n) is 4.17. The Kier molecular flexibility index (Phi) is 10.7. The number of nitrogens with zero attached hydrogens (tertiary/aromatic N) is 1. The number of benzene rings is 1. The minimum absolute atomic E-state index is 0.641. The van der Waals surface area contributed by atoms with Gasteiger partial charge in [0.2, 0.25) is 0 Å². The Hall–Kier alpha value is -1.42.